The molecule has 0 aromatic carbocycles. The maximum absolute atomic E-state index is 11.2. The zero-order valence-electron chi connectivity index (χ0n) is 10.4. The Balaban J connectivity index is 2.29. The summed E-state index contributed by atoms with van der Waals surface area (Å²) in [5.41, 5.74) is 0.623. The van der Waals surface area contributed by atoms with Crippen molar-refractivity contribution in [3.8, 4) is 0 Å². The molecule has 0 bridgehead atoms. The summed E-state index contributed by atoms with van der Waals surface area (Å²) in [5.74, 6) is 1.09. The van der Waals surface area contributed by atoms with Crippen LogP contribution in [0.15, 0.2) is 27.0 Å². The number of furan rings is 2. The van der Waals surface area contributed by atoms with Crippen molar-refractivity contribution < 1.29 is 23.5 Å². The molecule has 96 valence electrons. The number of carbonyl (C=O) groups excluding carboxylic acids is 1. The van der Waals surface area contributed by atoms with E-state index >= 15 is 0 Å². The average molecular weight is 250 g/mol. The third-order valence-corrected chi connectivity index (χ3v) is 2.66. The lowest BCUT2D eigenvalue weighted by atomic mass is 10.1. The number of methoxy groups -OCH3 is 1. The van der Waals surface area contributed by atoms with E-state index in [0.717, 1.165) is 0 Å². The molecule has 0 radical (unpaired) electrons. The SMILES string of the molecule is COC(=O)c1ccc(C(O)c2cc(C)oc2C)o1. The summed E-state index contributed by atoms with van der Waals surface area (Å²) in [6.07, 6.45) is -0.958. The first-order chi connectivity index (χ1) is 8.52. The molecule has 0 spiro atoms. The number of carbonyl (C=O) groups is 1. The molecule has 0 fully saturated rings. The van der Waals surface area contributed by atoms with Crippen molar-refractivity contribution in [3.05, 3.63) is 46.8 Å². The molecule has 1 unspecified atom stereocenters. The molecule has 0 aliphatic heterocycles. The number of hydrogen-bond donors (Lipinski definition) is 1. The zero-order chi connectivity index (χ0) is 13.3. The van der Waals surface area contributed by atoms with Gasteiger partial charge in [0.05, 0.1) is 7.11 Å². The maximum Gasteiger partial charge on any atom is 0.373 e. The van der Waals surface area contributed by atoms with E-state index in [1.807, 2.05) is 0 Å². The highest BCUT2D eigenvalue weighted by molar-refractivity contribution is 5.86. The van der Waals surface area contributed by atoms with Crippen LogP contribution < -0.4 is 0 Å². The standard InChI is InChI=1S/C13H14O5/c1-7-6-9(8(2)17-7)12(14)10-4-5-11(18-10)13(15)16-3/h4-6,12,14H,1-3H3. The molecular formula is C13H14O5. The first-order valence-electron chi connectivity index (χ1n) is 5.46. The summed E-state index contributed by atoms with van der Waals surface area (Å²) in [6, 6.07) is 4.74. The molecule has 2 aromatic heterocycles. The Bertz CT molecular complexity index is 564. The van der Waals surface area contributed by atoms with Gasteiger partial charge in [0.1, 0.15) is 23.4 Å². The number of aliphatic hydroxyl groups is 1. The summed E-state index contributed by atoms with van der Waals surface area (Å²) in [6.45, 7) is 3.56. The zero-order valence-corrected chi connectivity index (χ0v) is 10.4. The van der Waals surface area contributed by atoms with Gasteiger partial charge in [-0.25, -0.2) is 4.79 Å². The van der Waals surface area contributed by atoms with Crippen molar-refractivity contribution in [1.82, 2.24) is 0 Å². The van der Waals surface area contributed by atoms with Gasteiger partial charge in [-0.05, 0) is 32.0 Å². The Morgan fingerprint density at radius 2 is 2.06 bits per heavy atom. The van der Waals surface area contributed by atoms with Crippen molar-refractivity contribution >= 4 is 5.97 Å². The second-order valence-corrected chi connectivity index (χ2v) is 3.96. The Labute approximate surface area is 104 Å². The van der Waals surface area contributed by atoms with Crippen LogP contribution >= 0.6 is 0 Å². The number of ether oxygens (including phenoxy) is 1. The van der Waals surface area contributed by atoms with Crippen LogP contribution in [0.3, 0.4) is 0 Å². The molecule has 0 saturated heterocycles. The normalized spacial score (nSPS) is 12.4. The molecule has 1 N–H and O–H groups in total. The molecule has 5 heteroatoms. The highest BCUT2D eigenvalue weighted by atomic mass is 16.5. The van der Waals surface area contributed by atoms with Crippen LogP contribution in [0.25, 0.3) is 0 Å². The van der Waals surface area contributed by atoms with Gasteiger partial charge >= 0.3 is 5.97 Å². The lowest BCUT2D eigenvalue weighted by Crippen LogP contribution is -2.00. The van der Waals surface area contributed by atoms with E-state index in [-0.39, 0.29) is 11.5 Å². The van der Waals surface area contributed by atoms with Crippen molar-refractivity contribution in [2.45, 2.75) is 20.0 Å². The number of hydrogen-bond acceptors (Lipinski definition) is 5. The van der Waals surface area contributed by atoms with E-state index in [9.17, 15) is 9.90 Å². The summed E-state index contributed by atoms with van der Waals surface area (Å²) >= 11 is 0. The van der Waals surface area contributed by atoms with Crippen LogP contribution in [0.1, 0.15) is 39.5 Å². The molecule has 1 atom stereocenters. The van der Waals surface area contributed by atoms with Crippen molar-refractivity contribution in [2.75, 3.05) is 7.11 Å². The quantitative estimate of drug-likeness (QED) is 0.846. The number of aryl methyl sites for hydroxylation is 2. The van der Waals surface area contributed by atoms with Crippen LogP contribution in [-0.2, 0) is 4.74 Å². The van der Waals surface area contributed by atoms with Gasteiger partial charge < -0.3 is 18.7 Å². The van der Waals surface area contributed by atoms with Crippen molar-refractivity contribution in [1.29, 1.82) is 0 Å². The fourth-order valence-electron chi connectivity index (χ4n) is 1.79. The van der Waals surface area contributed by atoms with Gasteiger partial charge in [-0.1, -0.05) is 0 Å². The first-order valence-corrected chi connectivity index (χ1v) is 5.46. The number of esters is 1. The average Bonchev–Trinajstić information content (AvgIpc) is 2.94. The Morgan fingerprint density at radius 1 is 1.33 bits per heavy atom. The molecule has 18 heavy (non-hydrogen) atoms. The van der Waals surface area contributed by atoms with E-state index in [0.29, 0.717) is 17.1 Å². The van der Waals surface area contributed by atoms with Crippen molar-refractivity contribution in [3.63, 3.8) is 0 Å². The first kappa shape index (κ1) is 12.4. The lowest BCUT2D eigenvalue weighted by Gasteiger charge is -2.05. The Hall–Kier alpha value is -2.01. The number of aliphatic hydroxyl groups excluding tert-OH is 1. The highest BCUT2D eigenvalue weighted by Gasteiger charge is 2.21. The smallest absolute Gasteiger partial charge is 0.373 e. The van der Waals surface area contributed by atoms with Gasteiger partial charge in [0.2, 0.25) is 5.76 Å². The molecule has 5 nitrogen and oxygen atoms in total. The Kier molecular flexibility index (Phi) is 3.25. The van der Waals surface area contributed by atoms with Gasteiger partial charge in [-0.3, -0.25) is 0 Å². The minimum Gasteiger partial charge on any atom is -0.466 e. The molecule has 0 aliphatic rings. The summed E-state index contributed by atoms with van der Waals surface area (Å²) in [7, 11) is 1.27. The minimum atomic E-state index is -0.958. The van der Waals surface area contributed by atoms with E-state index < -0.39 is 12.1 Å². The molecule has 0 aliphatic carbocycles. The topological polar surface area (TPSA) is 72.8 Å². The predicted octanol–water partition coefficient (Wildman–Crippen LogP) is 2.36. The minimum absolute atomic E-state index is 0.0596. The Morgan fingerprint density at radius 3 is 2.61 bits per heavy atom. The highest BCUT2D eigenvalue weighted by Crippen LogP contribution is 2.28. The fraction of sp³-hybridized carbons (Fsp3) is 0.308. The van der Waals surface area contributed by atoms with E-state index in [1.165, 1.54) is 13.2 Å². The summed E-state index contributed by atoms with van der Waals surface area (Å²) < 4.78 is 15.1. The van der Waals surface area contributed by atoms with E-state index in [1.54, 1.807) is 26.0 Å². The van der Waals surface area contributed by atoms with Crippen LogP contribution in [0.5, 0.6) is 0 Å². The lowest BCUT2D eigenvalue weighted by molar-refractivity contribution is 0.0558. The van der Waals surface area contributed by atoms with Gasteiger partial charge in [-0.15, -0.1) is 0 Å². The van der Waals surface area contributed by atoms with Crippen LogP contribution in [0.2, 0.25) is 0 Å². The summed E-state index contributed by atoms with van der Waals surface area (Å²) in [4.78, 5) is 11.2. The van der Waals surface area contributed by atoms with Gasteiger partial charge in [0, 0.05) is 5.56 Å². The largest absolute Gasteiger partial charge is 0.466 e. The summed E-state index contributed by atoms with van der Waals surface area (Å²) in [5, 5.41) is 10.1. The van der Waals surface area contributed by atoms with E-state index in [4.69, 9.17) is 8.83 Å². The van der Waals surface area contributed by atoms with Gasteiger partial charge in [-0.2, -0.15) is 0 Å². The third kappa shape index (κ3) is 2.17. The molecule has 0 amide bonds. The van der Waals surface area contributed by atoms with Crippen molar-refractivity contribution in [2.24, 2.45) is 0 Å². The molecule has 2 heterocycles. The predicted molar refractivity (Wildman–Crippen MR) is 62.3 cm³/mol. The molecule has 2 rings (SSSR count). The van der Waals surface area contributed by atoms with Crippen LogP contribution in [-0.4, -0.2) is 18.2 Å². The fourth-order valence-corrected chi connectivity index (χ4v) is 1.79. The van der Waals surface area contributed by atoms with Gasteiger partial charge in [0.15, 0.2) is 0 Å². The molecule has 0 saturated carbocycles. The van der Waals surface area contributed by atoms with E-state index in [2.05, 4.69) is 4.74 Å². The molecule has 2 aromatic rings. The molecular weight excluding hydrogens is 236 g/mol. The third-order valence-electron chi connectivity index (χ3n) is 2.66. The maximum atomic E-state index is 11.2. The number of rotatable bonds is 3. The van der Waals surface area contributed by atoms with Crippen LogP contribution in [0, 0.1) is 13.8 Å². The monoisotopic (exact) mass is 250 g/mol. The second-order valence-electron chi connectivity index (χ2n) is 3.96. The van der Waals surface area contributed by atoms with Gasteiger partial charge in [0.25, 0.3) is 0 Å². The van der Waals surface area contributed by atoms with Crippen LogP contribution in [0.4, 0.5) is 0 Å². The second kappa shape index (κ2) is 4.70.